The minimum absolute atomic E-state index is 0.0541. The van der Waals surface area contributed by atoms with Crippen molar-refractivity contribution in [1.82, 2.24) is 10.3 Å². The summed E-state index contributed by atoms with van der Waals surface area (Å²) in [5.41, 5.74) is -0.937. The SMILES string of the molecule is CC(CCl)C(C)NC(=O)c1ccc(C(F)(F)F)cn1. The summed E-state index contributed by atoms with van der Waals surface area (Å²) in [6, 6.07) is 1.70. The predicted molar refractivity (Wildman–Crippen MR) is 66.1 cm³/mol. The van der Waals surface area contributed by atoms with Gasteiger partial charge in [-0.1, -0.05) is 6.92 Å². The largest absolute Gasteiger partial charge is 0.417 e. The smallest absolute Gasteiger partial charge is 0.348 e. The Morgan fingerprint density at radius 3 is 2.47 bits per heavy atom. The van der Waals surface area contributed by atoms with Gasteiger partial charge < -0.3 is 5.32 Å². The van der Waals surface area contributed by atoms with Crippen LogP contribution in [0.25, 0.3) is 0 Å². The summed E-state index contributed by atoms with van der Waals surface area (Å²) in [6.07, 6.45) is -3.81. The number of hydrogen-bond acceptors (Lipinski definition) is 2. The van der Waals surface area contributed by atoms with Gasteiger partial charge in [0.2, 0.25) is 0 Å². The molecule has 1 amide bonds. The maximum Gasteiger partial charge on any atom is 0.417 e. The van der Waals surface area contributed by atoms with Crippen molar-refractivity contribution in [2.45, 2.75) is 26.1 Å². The van der Waals surface area contributed by atoms with Crippen LogP contribution in [0.5, 0.6) is 0 Å². The van der Waals surface area contributed by atoms with Gasteiger partial charge in [0.1, 0.15) is 5.69 Å². The van der Waals surface area contributed by atoms with Crippen LogP contribution in [0, 0.1) is 5.92 Å². The third-order valence-corrected chi connectivity index (χ3v) is 3.27. The summed E-state index contributed by atoms with van der Waals surface area (Å²) < 4.78 is 37.0. The fourth-order valence-electron chi connectivity index (χ4n) is 1.25. The van der Waals surface area contributed by atoms with Crippen molar-refractivity contribution in [1.29, 1.82) is 0 Å². The lowest BCUT2D eigenvalue weighted by atomic mass is 10.1. The first-order valence-electron chi connectivity index (χ1n) is 5.65. The lowest BCUT2D eigenvalue weighted by molar-refractivity contribution is -0.137. The van der Waals surface area contributed by atoms with E-state index in [4.69, 9.17) is 11.6 Å². The summed E-state index contributed by atoms with van der Waals surface area (Å²) in [7, 11) is 0. The summed E-state index contributed by atoms with van der Waals surface area (Å²) >= 11 is 5.66. The average molecular weight is 295 g/mol. The van der Waals surface area contributed by atoms with E-state index in [-0.39, 0.29) is 17.7 Å². The zero-order valence-electron chi connectivity index (χ0n) is 10.5. The Labute approximate surface area is 114 Å². The number of hydrogen-bond donors (Lipinski definition) is 1. The Morgan fingerprint density at radius 2 is 2.05 bits per heavy atom. The van der Waals surface area contributed by atoms with E-state index >= 15 is 0 Å². The van der Waals surface area contributed by atoms with Crippen LogP contribution in [0.2, 0.25) is 0 Å². The number of halogens is 4. The number of alkyl halides is 4. The van der Waals surface area contributed by atoms with E-state index in [2.05, 4.69) is 10.3 Å². The van der Waals surface area contributed by atoms with Gasteiger partial charge in [0.25, 0.3) is 5.91 Å². The topological polar surface area (TPSA) is 42.0 Å². The molecule has 0 saturated carbocycles. The first-order valence-corrected chi connectivity index (χ1v) is 6.19. The highest BCUT2D eigenvalue weighted by Crippen LogP contribution is 2.28. The van der Waals surface area contributed by atoms with E-state index in [9.17, 15) is 18.0 Å². The zero-order chi connectivity index (χ0) is 14.6. The number of amides is 1. The van der Waals surface area contributed by atoms with Crippen LogP contribution in [0.15, 0.2) is 18.3 Å². The molecule has 2 atom stereocenters. The number of aromatic nitrogens is 1. The van der Waals surface area contributed by atoms with Crippen molar-refractivity contribution < 1.29 is 18.0 Å². The molecule has 0 bridgehead atoms. The fourth-order valence-corrected chi connectivity index (χ4v) is 1.52. The normalized spacial score (nSPS) is 14.8. The van der Waals surface area contributed by atoms with Crippen LogP contribution < -0.4 is 5.32 Å². The molecule has 2 unspecified atom stereocenters. The highest BCUT2D eigenvalue weighted by molar-refractivity contribution is 6.18. The van der Waals surface area contributed by atoms with E-state index in [0.717, 1.165) is 12.1 Å². The van der Waals surface area contributed by atoms with Gasteiger partial charge in [-0.15, -0.1) is 11.6 Å². The second kappa shape index (κ2) is 6.23. The highest BCUT2D eigenvalue weighted by Gasteiger charge is 2.31. The zero-order valence-corrected chi connectivity index (χ0v) is 11.2. The van der Waals surface area contributed by atoms with Crippen LogP contribution in [-0.4, -0.2) is 22.8 Å². The number of pyridine rings is 1. The van der Waals surface area contributed by atoms with Gasteiger partial charge in [-0.2, -0.15) is 13.2 Å². The molecule has 0 saturated heterocycles. The molecule has 7 heteroatoms. The monoisotopic (exact) mass is 294 g/mol. The van der Waals surface area contributed by atoms with E-state index in [0.29, 0.717) is 12.1 Å². The van der Waals surface area contributed by atoms with Crippen molar-refractivity contribution in [3.8, 4) is 0 Å². The van der Waals surface area contributed by atoms with E-state index in [1.807, 2.05) is 6.92 Å². The van der Waals surface area contributed by atoms with Crippen LogP contribution in [0.1, 0.15) is 29.9 Å². The van der Waals surface area contributed by atoms with Crippen molar-refractivity contribution in [2.75, 3.05) is 5.88 Å². The maximum absolute atomic E-state index is 12.3. The molecule has 1 aromatic heterocycles. The number of carbonyl (C=O) groups excluding carboxylic acids is 1. The molecule has 106 valence electrons. The molecule has 0 aliphatic rings. The lowest BCUT2D eigenvalue weighted by Crippen LogP contribution is -2.38. The van der Waals surface area contributed by atoms with E-state index in [1.165, 1.54) is 0 Å². The summed E-state index contributed by atoms with van der Waals surface area (Å²) in [6.45, 7) is 3.63. The van der Waals surface area contributed by atoms with Crippen LogP contribution >= 0.6 is 11.6 Å². The second-order valence-corrected chi connectivity index (χ2v) is 4.63. The second-order valence-electron chi connectivity index (χ2n) is 4.32. The molecule has 19 heavy (non-hydrogen) atoms. The van der Waals surface area contributed by atoms with Gasteiger partial charge in [0, 0.05) is 18.1 Å². The number of carbonyl (C=O) groups is 1. The third kappa shape index (κ3) is 4.38. The standard InChI is InChI=1S/C12H14ClF3N2O/c1-7(5-13)8(2)18-11(19)10-4-3-9(6-17-10)12(14,15)16/h3-4,6-8H,5H2,1-2H3,(H,18,19). The van der Waals surface area contributed by atoms with E-state index < -0.39 is 17.6 Å². The maximum atomic E-state index is 12.3. The molecule has 0 aliphatic heterocycles. The Kier molecular flexibility index (Phi) is 5.17. The molecule has 1 N–H and O–H groups in total. The Hall–Kier alpha value is -1.30. The first kappa shape index (κ1) is 15.8. The summed E-state index contributed by atoms with van der Waals surface area (Å²) in [5, 5.41) is 2.64. The summed E-state index contributed by atoms with van der Waals surface area (Å²) in [5.74, 6) is -0.0831. The van der Waals surface area contributed by atoms with Gasteiger partial charge in [-0.3, -0.25) is 9.78 Å². The van der Waals surface area contributed by atoms with Crippen LogP contribution in [0.4, 0.5) is 13.2 Å². The molecular weight excluding hydrogens is 281 g/mol. The third-order valence-electron chi connectivity index (χ3n) is 2.78. The minimum atomic E-state index is -4.46. The summed E-state index contributed by atoms with van der Waals surface area (Å²) in [4.78, 5) is 15.3. The Balaban J connectivity index is 2.74. The molecule has 1 aromatic rings. The first-order chi connectivity index (χ1) is 8.75. The van der Waals surface area contributed by atoms with Crippen molar-refractivity contribution in [2.24, 2.45) is 5.92 Å². The number of rotatable bonds is 4. The van der Waals surface area contributed by atoms with Crippen LogP contribution in [-0.2, 0) is 6.18 Å². The average Bonchev–Trinajstić information content (AvgIpc) is 2.36. The van der Waals surface area contributed by atoms with E-state index in [1.54, 1.807) is 6.92 Å². The van der Waals surface area contributed by atoms with Gasteiger partial charge in [-0.25, -0.2) is 0 Å². The molecule has 0 radical (unpaired) electrons. The molecule has 3 nitrogen and oxygen atoms in total. The van der Waals surface area contributed by atoms with Gasteiger partial charge in [0.05, 0.1) is 5.56 Å². The van der Waals surface area contributed by atoms with Gasteiger partial charge in [0.15, 0.2) is 0 Å². The molecule has 0 spiro atoms. The number of nitrogens with zero attached hydrogens (tertiary/aromatic N) is 1. The molecule has 0 aliphatic carbocycles. The molecule has 0 fully saturated rings. The molecule has 1 heterocycles. The van der Waals surface area contributed by atoms with Crippen molar-refractivity contribution in [3.63, 3.8) is 0 Å². The van der Waals surface area contributed by atoms with Gasteiger partial charge in [-0.05, 0) is 25.0 Å². The van der Waals surface area contributed by atoms with Crippen LogP contribution in [0.3, 0.4) is 0 Å². The minimum Gasteiger partial charge on any atom is -0.348 e. The number of nitrogens with one attached hydrogen (secondary N) is 1. The molecule has 1 rings (SSSR count). The quantitative estimate of drug-likeness (QED) is 0.867. The van der Waals surface area contributed by atoms with Crippen molar-refractivity contribution in [3.05, 3.63) is 29.6 Å². The van der Waals surface area contributed by atoms with Crippen molar-refractivity contribution >= 4 is 17.5 Å². The molecule has 0 aromatic carbocycles. The predicted octanol–water partition coefficient (Wildman–Crippen LogP) is 3.09. The Morgan fingerprint density at radius 1 is 1.42 bits per heavy atom. The molecular formula is C12H14ClF3N2O. The lowest BCUT2D eigenvalue weighted by Gasteiger charge is -2.18. The Bertz CT molecular complexity index is 434. The fraction of sp³-hybridized carbons (Fsp3) is 0.500. The highest BCUT2D eigenvalue weighted by atomic mass is 35.5. The van der Waals surface area contributed by atoms with Gasteiger partial charge >= 0.3 is 6.18 Å².